The van der Waals surface area contributed by atoms with E-state index >= 15 is 0 Å². The summed E-state index contributed by atoms with van der Waals surface area (Å²) in [6.07, 6.45) is 7.27. The number of carbonyl (C=O) groups excluding carboxylic acids is 1. The molecular weight excluding hydrogens is 248 g/mol. The molecule has 0 aromatic heterocycles. The number of hydrogen-bond acceptors (Lipinski definition) is 2. The Balaban J connectivity index is 1.99. The van der Waals surface area contributed by atoms with Crippen molar-refractivity contribution in [2.75, 3.05) is 13.1 Å². The van der Waals surface area contributed by atoms with Crippen LogP contribution in [-0.4, -0.2) is 25.0 Å². The molecule has 3 heteroatoms. The van der Waals surface area contributed by atoms with Crippen LogP contribution in [0.25, 0.3) is 0 Å². The normalized spacial score (nSPS) is 30.8. The van der Waals surface area contributed by atoms with Crippen molar-refractivity contribution >= 4 is 5.91 Å². The summed E-state index contributed by atoms with van der Waals surface area (Å²) in [5, 5.41) is 6.82. The summed E-state index contributed by atoms with van der Waals surface area (Å²) in [6.45, 7) is 10.9. The molecule has 0 bridgehead atoms. The summed E-state index contributed by atoms with van der Waals surface area (Å²) in [4.78, 5) is 12.8. The first-order chi connectivity index (χ1) is 9.34. The summed E-state index contributed by atoms with van der Waals surface area (Å²) in [5.74, 6) is 0.717. The van der Waals surface area contributed by atoms with E-state index in [0.717, 1.165) is 19.5 Å². The monoisotopic (exact) mass is 280 g/mol. The van der Waals surface area contributed by atoms with Crippen molar-refractivity contribution < 1.29 is 4.79 Å². The van der Waals surface area contributed by atoms with Crippen molar-refractivity contribution in [1.29, 1.82) is 0 Å². The molecule has 0 aromatic carbocycles. The molecule has 0 radical (unpaired) electrons. The zero-order valence-electron chi connectivity index (χ0n) is 13.7. The van der Waals surface area contributed by atoms with E-state index < -0.39 is 0 Å². The lowest BCUT2D eigenvalue weighted by Crippen LogP contribution is -2.53. The van der Waals surface area contributed by atoms with Gasteiger partial charge in [0, 0.05) is 11.5 Å². The van der Waals surface area contributed by atoms with Gasteiger partial charge in [-0.1, -0.05) is 40.5 Å². The average molecular weight is 280 g/mol. The number of piperidine rings is 1. The fourth-order valence-electron chi connectivity index (χ4n) is 3.76. The SMILES string of the molecule is CC1(C)CCCCC1NC(=O)C(C)(C)C1CCCNC1. The maximum atomic E-state index is 12.8. The van der Waals surface area contributed by atoms with E-state index in [1.807, 2.05) is 0 Å². The van der Waals surface area contributed by atoms with Crippen LogP contribution >= 0.6 is 0 Å². The molecule has 1 heterocycles. The number of rotatable bonds is 3. The average Bonchev–Trinajstić information content (AvgIpc) is 2.42. The molecule has 2 N–H and O–H groups in total. The van der Waals surface area contributed by atoms with Crippen molar-refractivity contribution in [3.63, 3.8) is 0 Å². The topological polar surface area (TPSA) is 41.1 Å². The molecule has 1 amide bonds. The molecule has 0 aromatic rings. The predicted octanol–water partition coefficient (Wildman–Crippen LogP) is 3.10. The van der Waals surface area contributed by atoms with Crippen LogP contribution in [-0.2, 0) is 4.79 Å². The van der Waals surface area contributed by atoms with E-state index in [4.69, 9.17) is 0 Å². The molecule has 2 unspecified atom stereocenters. The first-order valence-corrected chi connectivity index (χ1v) is 8.36. The lowest BCUT2D eigenvalue weighted by atomic mass is 9.71. The van der Waals surface area contributed by atoms with Crippen molar-refractivity contribution in [2.24, 2.45) is 16.7 Å². The van der Waals surface area contributed by atoms with Crippen LogP contribution in [0.1, 0.15) is 66.2 Å². The van der Waals surface area contributed by atoms with E-state index in [9.17, 15) is 4.79 Å². The molecule has 3 nitrogen and oxygen atoms in total. The van der Waals surface area contributed by atoms with Gasteiger partial charge in [0.1, 0.15) is 0 Å². The Kier molecular flexibility index (Phi) is 4.78. The molecule has 1 aliphatic carbocycles. The van der Waals surface area contributed by atoms with Crippen molar-refractivity contribution in [1.82, 2.24) is 10.6 Å². The Bertz CT molecular complexity index is 343. The largest absolute Gasteiger partial charge is 0.352 e. The van der Waals surface area contributed by atoms with E-state index in [1.165, 1.54) is 32.1 Å². The summed E-state index contributed by atoms with van der Waals surface area (Å²) in [7, 11) is 0. The summed E-state index contributed by atoms with van der Waals surface area (Å²) in [6, 6.07) is 0.347. The zero-order chi connectivity index (χ0) is 14.8. The summed E-state index contributed by atoms with van der Waals surface area (Å²) >= 11 is 0. The summed E-state index contributed by atoms with van der Waals surface area (Å²) < 4.78 is 0. The third-order valence-corrected chi connectivity index (χ3v) is 5.72. The van der Waals surface area contributed by atoms with Crippen LogP contribution in [0.5, 0.6) is 0 Å². The molecule has 1 saturated heterocycles. The van der Waals surface area contributed by atoms with Crippen molar-refractivity contribution in [3.8, 4) is 0 Å². The minimum Gasteiger partial charge on any atom is -0.352 e. The second-order valence-electron chi connectivity index (χ2n) is 8.03. The lowest BCUT2D eigenvalue weighted by molar-refractivity contribution is -0.134. The first kappa shape index (κ1) is 15.8. The number of hydrogen-bond donors (Lipinski definition) is 2. The molecule has 2 fully saturated rings. The molecule has 116 valence electrons. The van der Waals surface area contributed by atoms with Gasteiger partial charge in [0.05, 0.1) is 0 Å². The lowest BCUT2D eigenvalue weighted by Gasteiger charge is -2.42. The van der Waals surface area contributed by atoms with Crippen molar-refractivity contribution in [3.05, 3.63) is 0 Å². The molecule has 20 heavy (non-hydrogen) atoms. The van der Waals surface area contributed by atoms with Crippen LogP contribution in [0.15, 0.2) is 0 Å². The quantitative estimate of drug-likeness (QED) is 0.834. The zero-order valence-corrected chi connectivity index (χ0v) is 13.7. The molecule has 2 atom stereocenters. The van der Waals surface area contributed by atoms with Gasteiger partial charge < -0.3 is 10.6 Å². The van der Waals surface area contributed by atoms with E-state index in [2.05, 4.69) is 38.3 Å². The van der Waals surface area contributed by atoms with Crippen LogP contribution in [0.2, 0.25) is 0 Å². The van der Waals surface area contributed by atoms with E-state index in [0.29, 0.717) is 12.0 Å². The predicted molar refractivity (Wildman–Crippen MR) is 83.6 cm³/mol. The molecule has 2 aliphatic rings. The second kappa shape index (κ2) is 6.05. The smallest absolute Gasteiger partial charge is 0.226 e. The van der Waals surface area contributed by atoms with Gasteiger partial charge in [0.15, 0.2) is 0 Å². The van der Waals surface area contributed by atoms with Gasteiger partial charge in [0.25, 0.3) is 0 Å². The van der Waals surface area contributed by atoms with Gasteiger partial charge in [0.2, 0.25) is 5.91 Å². The highest BCUT2D eigenvalue weighted by atomic mass is 16.2. The molecule has 1 saturated carbocycles. The number of carbonyl (C=O) groups is 1. The Morgan fingerprint density at radius 1 is 1.20 bits per heavy atom. The highest BCUT2D eigenvalue weighted by molar-refractivity contribution is 5.82. The maximum Gasteiger partial charge on any atom is 0.226 e. The third-order valence-electron chi connectivity index (χ3n) is 5.72. The molecular formula is C17H32N2O. The Morgan fingerprint density at radius 3 is 2.55 bits per heavy atom. The van der Waals surface area contributed by atoms with Crippen LogP contribution in [0, 0.1) is 16.7 Å². The third kappa shape index (κ3) is 3.36. The van der Waals surface area contributed by atoms with Crippen molar-refractivity contribution in [2.45, 2.75) is 72.3 Å². The Labute approximate surface area is 124 Å². The van der Waals surface area contributed by atoms with Crippen LogP contribution in [0.4, 0.5) is 0 Å². The van der Waals surface area contributed by atoms with E-state index in [-0.39, 0.29) is 16.7 Å². The molecule has 1 aliphatic heterocycles. The Hall–Kier alpha value is -0.570. The molecule has 2 rings (SSSR count). The first-order valence-electron chi connectivity index (χ1n) is 8.36. The minimum atomic E-state index is -0.263. The minimum absolute atomic E-state index is 0.245. The summed E-state index contributed by atoms with van der Waals surface area (Å²) in [5.41, 5.74) is -0.0181. The number of nitrogens with one attached hydrogen (secondary N) is 2. The van der Waals surface area contributed by atoms with Gasteiger partial charge in [-0.25, -0.2) is 0 Å². The number of amides is 1. The van der Waals surface area contributed by atoms with Gasteiger partial charge in [-0.15, -0.1) is 0 Å². The highest BCUT2D eigenvalue weighted by Gasteiger charge is 2.40. The fraction of sp³-hybridized carbons (Fsp3) is 0.941. The molecule has 0 spiro atoms. The Morgan fingerprint density at radius 2 is 1.95 bits per heavy atom. The van der Waals surface area contributed by atoms with Gasteiger partial charge >= 0.3 is 0 Å². The van der Waals surface area contributed by atoms with Gasteiger partial charge in [-0.2, -0.15) is 0 Å². The van der Waals surface area contributed by atoms with Crippen LogP contribution < -0.4 is 10.6 Å². The highest BCUT2D eigenvalue weighted by Crippen LogP contribution is 2.37. The second-order valence-corrected chi connectivity index (χ2v) is 8.03. The maximum absolute atomic E-state index is 12.8. The van der Waals surface area contributed by atoms with E-state index in [1.54, 1.807) is 0 Å². The standard InChI is InChI=1S/C17H32N2O/c1-16(2)10-6-5-9-14(16)19-15(20)17(3,4)13-8-7-11-18-12-13/h13-14,18H,5-12H2,1-4H3,(H,19,20). The van der Waals surface area contributed by atoms with Crippen LogP contribution in [0.3, 0.4) is 0 Å². The fourth-order valence-corrected chi connectivity index (χ4v) is 3.76. The van der Waals surface area contributed by atoms with Gasteiger partial charge in [-0.3, -0.25) is 4.79 Å². The van der Waals surface area contributed by atoms with Gasteiger partial charge in [-0.05, 0) is 50.1 Å².